The van der Waals surface area contributed by atoms with Crippen LogP contribution in [0.4, 0.5) is 0 Å². The van der Waals surface area contributed by atoms with Gasteiger partial charge in [0.2, 0.25) is 0 Å². The SMILES string of the molecule is CCCCCCCc1ccc(CCc2ccc(-c3ccc(OCC)cc3)cc2)nc1. The topological polar surface area (TPSA) is 22.1 Å². The molecule has 0 aliphatic rings. The van der Waals surface area contributed by atoms with Gasteiger partial charge in [0.25, 0.3) is 0 Å². The average molecular weight is 402 g/mol. The summed E-state index contributed by atoms with van der Waals surface area (Å²) in [6.45, 7) is 4.97. The van der Waals surface area contributed by atoms with Crippen molar-refractivity contribution in [3.8, 4) is 16.9 Å². The second-order valence-electron chi connectivity index (χ2n) is 7.98. The smallest absolute Gasteiger partial charge is 0.119 e. The number of ether oxygens (including phenoxy) is 1. The highest BCUT2D eigenvalue weighted by Crippen LogP contribution is 2.23. The Hall–Kier alpha value is -2.61. The summed E-state index contributed by atoms with van der Waals surface area (Å²) in [7, 11) is 0. The van der Waals surface area contributed by atoms with Gasteiger partial charge in [-0.2, -0.15) is 0 Å². The lowest BCUT2D eigenvalue weighted by Gasteiger charge is -2.07. The molecule has 0 aliphatic carbocycles. The largest absolute Gasteiger partial charge is 0.494 e. The lowest BCUT2D eigenvalue weighted by molar-refractivity contribution is 0.340. The molecule has 3 aromatic rings. The highest BCUT2D eigenvalue weighted by molar-refractivity contribution is 5.64. The van der Waals surface area contributed by atoms with Gasteiger partial charge in [0.15, 0.2) is 0 Å². The minimum absolute atomic E-state index is 0.699. The van der Waals surface area contributed by atoms with E-state index in [1.807, 2.05) is 19.1 Å². The monoisotopic (exact) mass is 401 g/mol. The summed E-state index contributed by atoms with van der Waals surface area (Å²) in [5.74, 6) is 0.924. The summed E-state index contributed by atoms with van der Waals surface area (Å²) in [5.41, 5.74) is 6.36. The van der Waals surface area contributed by atoms with Crippen LogP contribution in [0.25, 0.3) is 11.1 Å². The fourth-order valence-electron chi connectivity index (χ4n) is 3.73. The van der Waals surface area contributed by atoms with Crippen molar-refractivity contribution in [1.82, 2.24) is 4.98 Å². The Morgan fingerprint density at radius 2 is 1.30 bits per heavy atom. The molecule has 0 amide bonds. The van der Waals surface area contributed by atoms with E-state index in [-0.39, 0.29) is 0 Å². The van der Waals surface area contributed by atoms with Crippen LogP contribution in [0.2, 0.25) is 0 Å². The van der Waals surface area contributed by atoms with Crippen LogP contribution in [-0.2, 0) is 19.3 Å². The predicted molar refractivity (Wildman–Crippen MR) is 127 cm³/mol. The maximum atomic E-state index is 5.52. The molecule has 0 atom stereocenters. The second kappa shape index (κ2) is 12.2. The molecule has 1 aromatic heterocycles. The van der Waals surface area contributed by atoms with Crippen LogP contribution in [-0.4, -0.2) is 11.6 Å². The first kappa shape index (κ1) is 22.1. The van der Waals surface area contributed by atoms with E-state index >= 15 is 0 Å². The number of aryl methyl sites for hydroxylation is 3. The fourth-order valence-corrected chi connectivity index (χ4v) is 3.73. The Morgan fingerprint density at radius 1 is 0.633 bits per heavy atom. The molecule has 2 aromatic carbocycles. The van der Waals surface area contributed by atoms with Gasteiger partial charge in [-0.3, -0.25) is 4.98 Å². The number of benzene rings is 2. The van der Waals surface area contributed by atoms with E-state index in [1.54, 1.807) is 0 Å². The van der Waals surface area contributed by atoms with E-state index in [2.05, 4.69) is 66.6 Å². The van der Waals surface area contributed by atoms with Gasteiger partial charge in [0.05, 0.1) is 6.61 Å². The van der Waals surface area contributed by atoms with Gasteiger partial charge in [-0.15, -0.1) is 0 Å². The van der Waals surface area contributed by atoms with Crippen molar-refractivity contribution in [3.63, 3.8) is 0 Å². The molecule has 0 fully saturated rings. The molecule has 0 spiro atoms. The van der Waals surface area contributed by atoms with Crippen molar-refractivity contribution in [2.45, 2.75) is 65.2 Å². The lowest BCUT2D eigenvalue weighted by Crippen LogP contribution is -1.96. The van der Waals surface area contributed by atoms with Crippen LogP contribution < -0.4 is 4.74 Å². The standard InChI is InChI=1S/C28H35NO/c1-3-5-6-7-8-9-24-13-19-27(29-22-24)18-12-23-10-14-25(15-11-23)26-16-20-28(21-17-26)30-4-2/h10-11,13-17,19-22H,3-9,12,18H2,1-2H3. The number of unbranched alkanes of at least 4 members (excludes halogenated alkanes) is 4. The summed E-state index contributed by atoms with van der Waals surface area (Å²) >= 11 is 0. The molecule has 0 N–H and O–H groups in total. The molecule has 0 radical (unpaired) electrons. The summed E-state index contributed by atoms with van der Waals surface area (Å²) in [4.78, 5) is 4.69. The summed E-state index contributed by atoms with van der Waals surface area (Å²) in [5, 5.41) is 0. The number of hydrogen-bond acceptors (Lipinski definition) is 2. The molecule has 30 heavy (non-hydrogen) atoms. The zero-order valence-corrected chi connectivity index (χ0v) is 18.6. The molecule has 2 nitrogen and oxygen atoms in total. The van der Waals surface area contributed by atoms with Crippen molar-refractivity contribution in [2.75, 3.05) is 6.61 Å². The van der Waals surface area contributed by atoms with E-state index in [0.29, 0.717) is 6.61 Å². The summed E-state index contributed by atoms with van der Waals surface area (Å²) in [6.07, 6.45) is 11.9. The Balaban J connectivity index is 1.46. The van der Waals surface area contributed by atoms with Crippen LogP contribution in [0.5, 0.6) is 5.75 Å². The number of aromatic nitrogens is 1. The first-order valence-corrected chi connectivity index (χ1v) is 11.5. The van der Waals surface area contributed by atoms with E-state index in [0.717, 1.165) is 25.0 Å². The highest BCUT2D eigenvalue weighted by Gasteiger charge is 2.02. The van der Waals surface area contributed by atoms with E-state index in [9.17, 15) is 0 Å². The van der Waals surface area contributed by atoms with Crippen molar-refractivity contribution in [3.05, 3.63) is 83.7 Å². The molecule has 1 heterocycles. The molecule has 158 valence electrons. The Kier molecular flexibility index (Phi) is 8.96. The van der Waals surface area contributed by atoms with Crippen molar-refractivity contribution < 1.29 is 4.74 Å². The van der Waals surface area contributed by atoms with Gasteiger partial charge in [-0.1, -0.05) is 75.1 Å². The van der Waals surface area contributed by atoms with Crippen LogP contribution in [0, 0.1) is 0 Å². The van der Waals surface area contributed by atoms with E-state index in [4.69, 9.17) is 4.74 Å². The summed E-state index contributed by atoms with van der Waals surface area (Å²) < 4.78 is 5.52. The third kappa shape index (κ3) is 7.02. The molecule has 0 aliphatic heterocycles. The van der Waals surface area contributed by atoms with Crippen molar-refractivity contribution in [2.24, 2.45) is 0 Å². The Morgan fingerprint density at radius 3 is 1.93 bits per heavy atom. The molecule has 3 rings (SSSR count). The molecular weight excluding hydrogens is 366 g/mol. The number of pyridine rings is 1. The third-order valence-electron chi connectivity index (χ3n) is 5.58. The number of nitrogens with zero attached hydrogens (tertiary/aromatic N) is 1. The molecule has 0 saturated heterocycles. The Labute approximate surface area is 182 Å². The van der Waals surface area contributed by atoms with E-state index < -0.39 is 0 Å². The maximum Gasteiger partial charge on any atom is 0.119 e. The van der Waals surface area contributed by atoms with Gasteiger partial charge in [-0.05, 0) is 73.1 Å². The zero-order valence-electron chi connectivity index (χ0n) is 18.6. The van der Waals surface area contributed by atoms with Crippen LogP contribution >= 0.6 is 0 Å². The maximum absolute atomic E-state index is 5.52. The van der Waals surface area contributed by atoms with Crippen LogP contribution in [0.15, 0.2) is 66.9 Å². The Bertz CT molecular complexity index is 851. The minimum atomic E-state index is 0.699. The predicted octanol–water partition coefficient (Wildman–Crippen LogP) is 7.45. The van der Waals surface area contributed by atoms with Gasteiger partial charge in [0.1, 0.15) is 5.75 Å². The zero-order chi connectivity index (χ0) is 21.0. The molecular formula is C28H35NO. The minimum Gasteiger partial charge on any atom is -0.494 e. The molecule has 0 unspecified atom stereocenters. The van der Waals surface area contributed by atoms with Gasteiger partial charge < -0.3 is 4.74 Å². The average Bonchev–Trinajstić information content (AvgIpc) is 2.79. The van der Waals surface area contributed by atoms with Gasteiger partial charge in [0, 0.05) is 11.9 Å². The highest BCUT2D eigenvalue weighted by atomic mass is 16.5. The second-order valence-corrected chi connectivity index (χ2v) is 7.98. The van der Waals surface area contributed by atoms with Crippen LogP contribution in [0.1, 0.15) is 62.8 Å². The quantitative estimate of drug-likeness (QED) is 0.294. The lowest BCUT2D eigenvalue weighted by atomic mass is 10.0. The fraction of sp³-hybridized carbons (Fsp3) is 0.393. The molecule has 2 heteroatoms. The first-order chi connectivity index (χ1) is 14.8. The number of rotatable bonds is 12. The first-order valence-electron chi connectivity index (χ1n) is 11.5. The van der Waals surface area contributed by atoms with Crippen molar-refractivity contribution >= 4 is 0 Å². The molecule has 0 saturated carbocycles. The number of hydrogen-bond donors (Lipinski definition) is 0. The van der Waals surface area contributed by atoms with Gasteiger partial charge in [-0.25, -0.2) is 0 Å². The van der Waals surface area contributed by atoms with Crippen molar-refractivity contribution in [1.29, 1.82) is 0 Å². The van der Waals surface area contributed by atoms with Crippen LogP contribution in [0.3, 0.4) is 0 Å². The molecule has 0 bridgehead atoms. The third-order valence-corrected chi connectivity index (χ3v) is 5.58. The van der Waals surface area contributed by atoms with E-state index in [1.165, 1.54) is 60.1 Å². The van der Waals surface area contributed by atoms with Gasteiger partial charge >= 0.3 is 0 Å². The normalized spacial score (nSPS) is 10.9. The summed E-state index contributed by atoms with van der Waals surface area (Å²) in [6, 6.07) is 21.7.